The fourth-order valence-corrected chi connectivity index (χ4v) is 2.46. The third kappa shape index (κ3) is 3.25. The molecule has 2 N–H and O–H groups in total. The van der Waals surface area contributed by atoms with E-state index in [0.29, 0.717) is 30.3 Å². The number of aliphatic hydroxyl groups excluding tert-OH is 2. The summed E-state index contributed by atoms with van der Waals surface area (Å²) in [6, 6.07) is 5.31. The van der Waals surface area contributed by atoms with E-state index < -0.39 is 6.10 Å². The van der Waals surface area contributed by atoms with Crippen molar-refractivity contribution in [1.29, 1.82) is 0 Å². The molecule has 0 saturated heterocycles. The van der Waals surface area contributed by atoms with Crippen LogP contribution in [0.5, 0.6) is 0 Å². The number of halogens is 1. The second-order valence-electron chi connectivity index (χ2n) is 5.24. The van der Waals surface area contributed by atoms with E-state index in [9.17, 15) is 9.50 Å². The summed E-state index contributed by atoms with van der Waals surface area (Å²) in [6.07, 6.45) is 3.35. The van der Waals surface area contributed by atoms with Crippen LogP contribution in [0, 0.1) is 5.82 Å². The Bertz CT molecular complexity index is 419. The molecule has 19 heavy (non-hydrogen) atoms. The number of hydrogen-bond acceptors (Lipinski definition) is 3. The number of rotatable bonds is 6. The predicted molar refractivity (Wildman–Crippen MR) is 73.7 cm³/mol. The third-order valence-corrected chi connectivity index (χ3v) is 3.84. The van der Waals surface area contributed by atoms with Gasteiger partial charge in [0, 0.05) is 19.2 Å². The van der Waals surface area contributed by atoms with Crippen molar-refractivity contribution in [2.24, 2.45) is 0 Å². The minimum absolute atomic E-state index is 0.122. The molecule has 1 atom stereocenters. The SMILES string of the molecule is C[C@H](O)c1ccc(N(CCCO)C2CCC2)c(F)c1. The van der Waals surface area contributed by atoms with Crippen molar-refractivity contribution in [2.45, 2.75) is 44.8 Å². The van der Waals surface area contributed by atoms with E-state index in [-0.39, 0.29) is 12.4 Å². The van der Waals surface area contributed by atoms with Gasteiger partial charge in [-0.05, 0) is 50.3 Å². The average Bonchev–Trinajstić information content (AvgIpc) is 2.32. The molecule has 1 aliphatic carbocycles. The van der Waals surface area contributed by atoms with E-state index in [1.54, 1.807) is 19.1 Å². The van der Waals surface area contributed by atoms with Gasteiger partial charge < -0.3 is 15.1 Å². The lowest BCUT2D eigenvalue weighted by molar-refractivity contribution is 0.199. The first kappa shape index (κ1) is 14.3. The van der Waals surface area contributed by atoms with Crippen molar-refractivity contribution in [2.75, 3.05) is 18.1 Å². The fraction of sp³-hybridized carbons (Fsp3) is 0.600. The number of aliphatic hydroxyl groups is 2. The lowest BCUT2D eigenvalue weighted by Crippen LogP contribution is -2.41. The Hall–Kier alpha value is -1.13. The molecule has 0 bridgehead atoms. The van der Waals surface area contributed by atoms with Crippen molar-refractivity contribution in [3.8, 4) is 0 Å². The lowest BCUT2D eigenvalue weighted by atomic mass is 9.90. The van der Waals surface area contributed by atoms with E-state index in [1.807, 2.05) is 0 Å². The summed E-state index contributed by atoms with van der Waals surface area (Å²) < 4.78 is 14.2. The van der Waals surface area contributed by atoms with Crippen LogP contribution in [0.25, 0.3) is 0 Å². The van der Waals surface area contributed by atoms with Gasteiger partial charge in [0.15, 0.2) is 0 Å². The number of nitrogens with zero attached hydrogens (tertiary/aromatic N) is 1. The molecule has 3 nitrogen and oxygen atoms in total. The molecule has 1 aromatic carbocycles. The van der Waals surface area contributed by atoms with Gasteiger partial charge in [0.1, 0.15) is 5.82 Å². The summed E-state index contributed by atoms with van der Waals surface area (Å²) in [5.74, 6) is -0.289. The van der Waals surface area contributed by atoms with Gasteiger partial charge in [0.2, 0.25) is 0 Å². The maximum atomic E-state index is 14.2. The maximum absolute atomic E-state index is 14.2. The highest BCUT2D eigenvalue weighted by Crippen LogP contribution is 2.32. The number of benzene rings is 1. The van der Waals surface area contributed by atoms with E-state index in [4.69, 9.17) is 5.11 Å². The van der Waals surface area contributed by atoms with E-state index in [0.717, 1.165) is 12.8 Å². The van der Waals surface area contributed by atoms with Crippen molar-refractivity contribution in [3.05, 3.63) is 29.6 Å². The van der Waals surface area contributed by atoms with Crippen LogP contribution in [0.15, 0.2) is 18.2 Å². The van der Waals surface area contributed by atoms with Crippen molar-refractivity contribution < 1.29 is 14.6 Å². The lowest BCUT2D eigenvalue weighted by Gasteiger charge is -2.39. The summed E-state index contributed by atoms with van der Waals surface area (Å²) in [5.41, 5.74) is 1.18. The molecule has 4 heteroatoms. The van der Waals surface area contributed by atoms with Crippen LogP contribution < -0.4 is 4.90 Å². The third-order valence-electron chi connectivity index (χ3n) is 3.84. The Kier molecular flexibility index (Phi) is 4.77. The number of hydrogen-bond donors (Lipinski definition) is 2. The average molecular weight is 267 g/mol. The van der Waals surface area contributed by atoms with Crippen LogP contribution in [0.2, 0.25) is 0 Å². The second kappa shape index (κ2) is 6.35. The zero-order valence-electron chi connectivity index (χ0n) is 11.3. The molecule has 0 amide bonds. The summed E-state index contributed by atoms with van der Waals surface area (Å²) >= 11 is 0. The minimum atomic E-state index is -0.654. The number of anilines is 1. The minimum Gasteiger partial charge on any atom is -0.396 e. The Morgan fingerprint density at radius 1 is 1.42 bits per heavy atom. The molecular weight excluding hydrogens is 245 g/mol. The molecule has 1 aromatic rings. The second-order valence-corrected chi connectivity index (χ2v) is 5.24. The van der Waals surface area contributed by atoms with Crippen LogP contribution in [0.4, 0.5) is 10.1 Å². The van der Waals surface area contributed by atoms with Gasteiger partial charge in [-0.1, -0.05) is 6.07 Å². The summed E-state index contributed by atoms with van der Waals surface area (Å²) in [6.45, 7) is 2.42. The van der Waals surface area contributed by atoms with Gasteiger partial charge in [0.05, 0.1) is 11.8 Å². The molecule has 0 spiro atoms. The Balaban J connectivity index is 2.20. The molecule has 0 unspecified atom stereocenters. The predicted octanol–water partition coefficient (Wildman–Crippen LogP) is 2.62. The summed E-state index contributed by atoms with van der Waals surface area (Å²) in [5, 5.41) is 18.4. The van der Waals surface area contributed by atoms with Gasteiger partial charge in [0.25, 0.3) is 0 Å². The van der Waals surface area contributed by atoms with Gasteiger partial charge >= 0.3 is 0 Å². The molecule has 0 heterocycles. The van der Waals surface area contributed by atoms with Crippen molar-refractivity contribution >= 4 is 5.69 Å². The molecule has 0 radical (unpaired) electrons. The normalized spacial score (nSPS) is 17.1. The first-order chi connectivity index (χ1) is 9.13. The maximum Gasteiger partial charge on any atom is 0.146 e. The summed E-state index contributed by atoms with van der Waals surface area (Å²) in [7, 11) is 0. The van der Waals surface area contributed by atoms with Crippen molar-refractivity contribution in [1.82, 2.24) is 0 Å². The van der Waals surface area contributed by atoms with Gasteiger partial charge in [-0.2, -0.15) is 0 Å². The van der Waals surface area contributed by atoms with Gasteiger partial charge in [-0.25, -0.2) is 4.39 Å². The van der Waals surface area contributed by atoms with Crippen LogP contribution in [0.1, 0.15) is 44.3 Å². The first-order valence-corrected chi connectivity index (χ1v) is 6.98. The monoisotopic (exact) mass is 267 g/mol. The molecule has 0 aromatic heterocycles. The van der Waals surface area contributed by atoms with Crippen LogP contribution in [-0.2, 0) is 0 Å². The Morgan fingerprint density at radius 3 is 2.63 bits per heavy atom. The van der Waals surface area contributed by atoms with Gasteiger partial charge in [-0.3, -0.25) is 0 Å². The van der Waals surface area contributed by atoms with E-state index in [2.05, 4.69) is 4.90 Å². The molecule has 2 rings (SSSR count). The zero-order valence-corrected chi connectivity index (χ0v) is 11.3. The van der Waals surface area contributed by atoms with Crippen LogP contribution in [0.3, 0.4) is 0 Å². The summed E-state index contributed by atoms with van der Waals surface area (Å²) in [4.78, 5) is 2.06. The highest BCUT2D eigenvalue weighted by Gasteiger charge is 2.26. The zero-order chi connectivity index (χ0) is 13.8. The van der Waals surface area contributed by atoms with Gasteiger partial charge in [-0.15, -0.1) is 0 Å². The quantitative estimate of drug-likeness (QED) is 0.832. The van der Waals surface area contributed by atoms with E-state index >= 15 is 0 Å². The van der Waals surface area contributed by atoms with E-state index in [1.165, 1.54) is 12.5 Å². The molecular formula is C15H22FNO2. The Labute approximate surface area is 113 Å². The first-order valence-electron chi connectivity index (χ1n) is 6.98. The van der Waals surface area contributed by atoms with Crippen LogP contribution in [-0.4, -0.2) is 29.4 Å². The van der Waals surface area contributed by atoms with Crippen LogP contribution >= 0.6 is 0 Å². The largest absolute Gasteiger partial charge is 0.396 e. The molecule has 1 aliphatic rings. The molecule has 106 valence electrons. The molecule has 0 aliphatic heterocycles. The molecule has 1 saturated carbocycles. The fourth-order valence-electron chi connectivity index (χ4n) is 2.46. The highest BCUT2D eigenvalue weighted by atomic mass is 19.1. The topological polar surface area (TPSA) is 43.7 Å². The van der Waals surface area contributed by atoms with Crippen molar-refractivity contribution in [3.63, 3.8) is 0 Å². The Morgan fingerprint density at radius 2 is 2.16 bits per heavy atom. The standard InChI is InChI=1S/C15H22FNO2/c1-11(19)12-6-7-15(14(16)10-12)17(8-3-9-18)13-4-2-5-13/h6-7,10-11,13,18-19H,2-5,8-9H2,1H3/t11-/m0/s1. The molecule has 1 fully saturated rings. The smallest absolute Gasteiger partial charge is 0.146 e. The highest BCUT2D eigenvalue weighted by molar-refractivity contribution is 5.50.